The first-order valence-electron chi connectivity index (χ1n) is 11.6. The molecule has 0 unspecified atom stereocenters. The van der Waals surface area contributed by atoms with Gasteiger partial charge >= 0.3 is 6.03 Å². The van der Waals surface area contributed by atoms with Gasteiger partial charge in [-0.1, -0.05) is 24.3 Å². The van der Waals surface area contributed by atoms with Gasteiger partial charge in [0.2, 0.25) is 0 Å². The van der Waals surface area contributed by atoms with Crippen LogP contribution in [0.25, 0.3) is 11.0 Å². The number of nitrogens with zero attached hydrogens (tertiary/aromatic N) is 5. The summed E-state index contributed by atoms with van der Waals surface area (Å²) in [7, 11) is 3.37. The van der Waals surface area contributed by atoms with Gasteiger partial charge in [-0.25, -0.2) is 14.8 Å². The van der Waals surface area contributed by atoms with Crippen molar-refractivity contribution in [3.8, 4) is 5.75 Å². The summed E-state index contributed by atoms with van der Waals surface area (Å²) in [6, 6.07) is 15.1. The first-order chi connectivity index (χ1) is 16.4. The van der Waals surface area contributed by atoms with E-state index in [0.29, 0.717) is 32.5 Å². The summed E-state index contributed by atoms with van der Waals surface area (Å²) in [5, 5.41) is 0. The molecule has 0 N–H and O–H groups in total. The van der Waals surface area contributed by atoms with Gasteiger partial charge in [-0.15, -0.1) is 0 Å². The number of methoxy groups -OCH3 is 1. The van der Waals surface area contributed by atoms with Gasteiger partial charge < -0.3 is 9.64 Å². The number of piperidine rings is 1. The number of aryl methyl sites for hydroxylation is 1. The fourth-order valence-electron chi connectivity index (χ4n) is 5.02. The zero-order valence-electron chi connectivity index (χ0n) is 19.8. The van der Waals surface area contributed by atoms with Gasteiger partial charge in [0, 0.05) is 26.7 Å². The van der Waals surface area contributed by atoms with Crippen LogP contribution in [0.5, 0.6) is 5.75 Å². The van der Waals surface area contributed by atoms with E-state index in [1.54, 1.807) is 19.1 Å². The summed E-state index contributed by atoms with van der Waals surface area (Å²) in [5.74, 6) is 0.646. The topological polar surface area (TPSA) is 78.9 Å². The second-order valence-electron chi connectivity index (χ2n) is 9.13. The first-order valence-corrected chi connectivity index (χ1v) is 11.6. The lowest BCUT2D eigenvalue weighted by Gasteiger charge is -2.40. The number of para-hydroxylation sites is 2. The molecule has 1 spiro atoms. The summed E-state index contributed by atoms with van der Waals surface area (Å²) < 4.78 is 5.20. The Hall–Kier alpha value is -3.52. The normalized spacial score (nSPS) is 18.3. The average molecular weight is 460 g/mol. The molecule has 3 heterocycles. The number of urea groups is 1. The van der Waals surface area contributed by atoms with Crippen LogP contribution in [0.1, 0.15) is 29.8 Å². The van der Waals surface area contributed by atoms with E-state index in [-0.39, 0.29) is 18.5 Å². The van der Waals surface area contributed by atoms with E-state index < -0.39 is 5.54 Å². The van der Waals surface area contributed by atoms with E-state index in [1.165, 1.54) is 4.90 Å². The Morgan fingerprint density at radius 3 is 2.24 bits per heavy atom. The number of amides is 3. The lowest BCUT2D eigenvalue weighted by atomic mass is 9.86. The number of aromatic nitrogens is 2. The maximum Gasteiger partial charge on any atom is 0.327 e. The quantitative estimate of drug-likeness (QED) is 0.545. The molecule has 2 fully saturated rings. The Morgan fingerprint density at radius 2 is 1.59 bits per heavy atom. The lowest BCUT2D eigenvalue weighted by molar-refractivity contribution is -0.135. The Morgan fingerprint density at radius 1 is 0.941 bits per heavy atom. The molecule has 3 aromatic rings. The minimum Gasteiger partial charge on any atom is -0.497 e. The number of rotatable bonds is 5. The SMILES string of the molecule is COc1ccc(CN2C(=O)N(C)C3(CCN(Cc4nc5ccccc5nc4C)CC3)C2=O)cc1. The van der Waals surface area contributed by atoms with Crippen LogP contribution in [-0.2, 0) is 17.9 Å². The minimum absolute atomic E-state index is 0.0999. The zero-order valence-corrected chi connectivity index (χ0v) is 19.8. The summed E-state index contributed by atoms with van der Waals surface area (Å²) in [4.78, 5) is 41.4. The zero-order chi connectivity index (χ0) is 23.9. The maximum atomic E-state index is 13.5. The molecule has 8 nitrogen and oxygen atoms in total. The van der Waals surface area contributed by atoms with E-state index in [1.807, 2.05) is 55.5 Å². The second-order valence-corrected chi connectivity index (χ2v) is 9.13. The van der Waals surface area contributed by atoms with E-state index >= 15 is 0 Å². The molecule has 34 heavy (non-hydrogen) atoms. The standard InChI is InChI=1S/C26H29N5O3/c1-18-23(28-22-7-5-4-6-21(22)27-18)17-30-14-12-26(13-15-30)24(32)31(25(33)29(26)2)16-19-8-10-20(34-3)11-9-19/h4-11H,12-17H2,1-3H3. The van der Waals surface area contributed by atoms with Gasteiger partial charge in [0.25, 0.3) is 5.91 Å². The van der Waals surface area contributed by atoms with Crippen LogP contribution in [0.3, 0.4) is 0 Å². The van der Waals surface area contributed by atoms with Crippen LogP contribution in [0.15, 0.2) is 48.5 Å². The number of likely N-dealkylation sites (N-methyl/N-ethyl adjacent to an activating group) is 1. The molecule has 2 aromatic carbocycles. The average Bonchev–Trinajstić information content (AvgIpc) is 3.02. The molecule has 2 aliphatic heterocycles. The third-order valence-electron chi connectivity index (χ3n) is 7.20. The van der Waals surface area contributed by atoms with Crippen molar-refractivity contribution in [1.82, 2.24) is 24.7 Å². The molecular weight excluding hydrogens is 430 g/mol. The van der Waals surface area contributed by atoms with Crippen LogP contribution in [0.2, 0.25) is 0 Å². The predicted octanol–water partition coefficient (Wildman–Crippen LogP) is 3.38. The van der Waals surface area contributed by atoms with Crippen molar-refractivity contribution in [3.63, 3.8) is 0 Å². The van der Waals surface area contributed by atoms with Crippen LogP contribution in [0, 0.1) is 6.92 Å². The molecule has 176 valence electrons. The van der Waals surface area contributed by atoms with Gasteiger partial charge in [-0.05, 0) is 49.6 Å². The molecule has 2 aliphatic rings. The predicted molar refractivity (Wildman–Crippen MR) is 128 cm³/mol. The summed E-state index contributed by atoms with van der Waals surface area (Å²) >= 11 is 0. The monoisotopic (exact) mass is 459 g/mol. The Balaban J connectivity index is 1.28. The van der Waals surface area contributed by atoms with Crippen LogP contribution < -0.4 is 4.74 Å². The Labute approximate surface area is 199 Å². The number of imide groups is 1. The smallest absolute Gasteiger partial charge is 0.327 e. The third kappa shape index (κ3) is 3.77. The molecule has 0 aliphatic carbocycles. The third-order valence-corrected chi connectivity index (χ3v) is 7.20. The van der Waals surface area contributed by atoms with Crippen LogP contribution in [-0.4, -0.2) is 69.4 Å². The summed E-state index contributed by atoms with van der Waals surface area (Å²) in [6.45, 7) is 4.37. The van der Waals surface area contributed by atoms with E-state index in [9.17, 15) is 9.59 Å². The first kappa shape index (κ1) is 22.3. The Bertz CT molecular complexity index is 1230. The van der Waals surface area contributed by atoms with Gasteiger partial charge in [-0.3, -0.25) is 14.6 Å². The van der Waals surface area contributed by atoms with Crippen molar-refractivity contribution >= 4 is 23.0 Å². The number of hydrogen-bond donors (Lipinski definition) is 0. The molecule has 0 bridgehead atoms. The van der Waals surface area contributed by atoms with Crippen LogP contribution in [0.4, 0.5) is 4.79 Å². The van der Waals surface area contributed by atoms with E-state index in [2.05, 4.69) is 4.90 Å². The van der Waals surface area contributed by atoms with Crippen molar-refractivity contribution in [2.75, 3.05) is 27.2 Å². The second kappa shape index (κ2) is 8.68. The van der Waals surface area contributed by atoms with Crippen molar-refractivity contribution in [1.29, 1.82) is 0 Å². The lowest BCUT2D eigenvalue weighted by Crippen LogP contribution is -2.55. The van der Waals surface area contributed by atoms with E-state index in [4.69, 9.17) is 14.7 Å². The van der Waals surface area contributed by atoms with Crippen LogP contribution >= 0.6 is 0 Å². The van der Waals surface area contributed by atoms with Crippen molar-refractivity contribution in [2.24, 2.45) is 0 Å². The summed E-state index contributed by atoms with van der Waals surface area (Å²) in [6.07, 6.45) is 1.21. The number of ether oxygens (including phenoxy) is 1. The van der Waals surface area contributed by atoms with Crippen molar-refractivity contribution in [2.45, 2.75) is 38.4 Å². The molecule has 3 amide bonds. The molecule has 0 atom stereocenters. The Kier molecular flexibility index (Phi) is 5.69. The fraction of sp³-hybridized carbons (Fsp3) is 0.385. The number of carbonyl (C=O) groups is 2. The molecule has 2 saturated heterocycles. The maximum absolute atomic E-state index is 13.5. The molecular formula is C26H29N5O3. The van der Waals surface area contributed by atoms with Crippen molar-refractivity contribution < 1.29 is 14.3 Å². The highest BCUT2D eigenvalue weighted by molar-refractivity contribution is 6.06. The molecule has 0 radical (unpaired) electrons. The number of carbonyl (C=O) groups excluding carboxylic acids is 2. The van der Waals surface area contributed by atoms with Gasteiger partial charge in [0.15, 0.2) is 0 Å². The highest BCUT2D eigenvalue weighted by atomic mass is 16.5. The number of benzene rings is 2. The minimum atomic E-state index is -0.774. The fourth-order valence-corrected chi connectivity index (χ4v) is 5.02. The number of hydrogen-bond acceptors (Lipinski definition) is 6. The van der Waals surface area contributed by atoms with Gasteiger partial charge in [0.1, 0.15) is 11.3 Å². The number of likely N-dealkylation sites (tertiary alicyclic amines) is 1. The number of fused-ring (bicyclic) bond motifs is 1. The summed E-state index contributed by atoms with van der Waals surface area (Å²) in [5.41, 5.74) is 3.80. The molecule has 0 saturated carbocycles. The molecule has 1 aromatic heterocycles. The van der Waals surface area contributed by atoms with Gasteiger partial charge in [0.05, 0.1) is 36.1 Å². The van der Waals surface area contributed by atoms with Crippen molar-refractivity contribution in [3.05, 3.63) is 65.5 Å². The molecule has 5 rings (SSSR count). The van der Waals surface area contributed by atoms with E-state index in [0.717, 1.165) is 33.7 Å². The highest BCUT2D eigenvalue weighted by Gasteiger charge is 2.56. The van der Waals surface area contributed by atoms with Gasteiger partial charge in [-0.2, -0.15) is 0 Å². The molecule has 8 heteroatoms. The highest BCUT2D eigenvalue weighted by Crippen LogP contribution is 2.37. The largest absolute Gasteiger partial charge is 0.497 e.